The molecule has 7 heteroatoms. The molecule has 0 amide bonds. The number of nitrogens with one attached hydrogen (secondary N) is 1. The van der Waals surface area contributed by atoms with Gasteiger partial charge >= 0.3 is 5.97 Å². The molecular weight excluding hydrogens is 644 g/mol. The minimum Gasteiger partial charge on any atom is -0.508 e. The van der Waals surface area contributed by atoms with Gasteiger partial charge in [0.25, 0.3) is 0 Å². The fourth-order valence-electron chi connectivity index (χ4n) is 9.34. The molecule has 1 spiro atoms. The van der Waals surface area contributed by atoms with Crippen LogP contribution in [-0.2, 0) is 23.1 Å². The molecule has 1 aromatic heterocycles. The number of carbonyl (C=O) groups is 1. The summed E-state index contributed by atoms with van der Waals surface area (Å²) in [7, 11) is 0. The summed E-state index contributed by atoms with van der Waals surface area (Å²) in [6.07, 6.45) is 9.86. The summed E-state index contributed by atoms with van der Waals surface area (Å²) >= 11 is 6.30. The number of aromatic nitrogens is 1. The fraction of sp³-hybridized carbons (Fsp3) is 0.442. The molecule has 0 radical (unpaired) electrons. The Morgan fingerprint density at radius 1 is 1.02 bits per heavy atom. The van der Waals surface area contributed by atoms with Gasteiger partial charge in [0.2, 0.25) is 0 Å². The number of fused-ring (bicyclic) bond motifs is 3. The summed E-state index contributed by atoms with van der Waals surface area (Å²) in [5.41, 5.74) is 7.19. The zero-order valence-corrected chi connectivity index (χ0v) is 30.2. The van der Waals surface area contributed by atoms with Crippen LogP contribution in [0.3, 0.4) is 0 Å². The lowest BCUT2D eigenvalue weighted by molar-refractivity contribution is -0.144. The number of aliphatic carboxylic acids is 1. The normalized spacial score (nSPS) is 25.4. The van der Waals surface area contributed by atoms with E-state index >= 15 is 0 Å². The first-order valence-corrected chi connectivity index (χ1v) is 18.7. The van der Waals surface area contributed by atoms with E-state index in [9.17, 15) is 15.0 Å². The van der Waals surface area contributed by atoms with E-state index in [1.54, 1.807) is 12.1 Å². The maximum absolute atomic E-state index is 13.0. The Kier molecular flexibility index (Phi) is 9.60. The first kappa shape index (κ1) is 34.4. The molecular formula is C43H49ClN2O4. The van der Waals surface area contributed by atoms with Crippen molar-refractivity contribution in [2.45, 2.75) is 101 Å². The average molecular weight is 693 g/mol. The minimum atomic E-state index is -1.06. The molecule has 3 aliphatic rings. The van der Waals surface area contributed by atoms with Crippen LogP contribution in [0.5, 0.6) is 11.5 Å². The van der Waals surface area contributed by atoms with Gasteiger partial charge in [-0.05, 0) is 140 Å². The van der Waals surface area contributed by atoms with E-state index in [-0.39, 0.29) is 17.1 Å². The summed E-state index contributed by atoms with van der Waals surface area (Å²) < 4.78 is 6.59. The Morgan fingerprint density at radius 3 is 2.52 bits per heavy atom. The molecule has 2 unspecified atom stereocenters. The van der Waals surface area contributed by atoms with Crippen LogP contribution in [0.15, 0.2) is 79.0 Å². The summed E-state index contributed by atoms with van der Waals surface area (Å²) in [6.45, 7) is 7.45. The van der Waals surface area contributed by atoms with Crippen LogP contribution in [0.2, 0.25) is 5.02 Å². The zero-order chi connectivity index (χ0) is 35.0. The first-order valence-electron chi connectivity index (χ1n) is 18.4. The predicted octanol–water partition coefficient (Wildman–Crippen LogP) is 10.1. The van der Waals surface area contributed by atoms with E-state index in [0.717, 1.165) is 49.1 Å². The third-order valence-corrected chi connectivity index (χ3v) is 12.4. The second-order valence-corrected chi connectivity index (χ2v) is 15.9. The number of anilines is 1. The molecule has 3 aromatic carbocycles. The van der Waals surface area contributed by atoms with Crippen LogP contribution in [0.1, 0.15) is 111 Å². The second-order valence-electron chi connectivity index (χ2n) is 15.4. The van der Waals surface area contributed by atoms with Gasteiger partial charge in [0.15, 0.2) is 0 Å². The number of rotatable bonds is 10. The number of carboxylic acids is 1. The van der Waals surface area contributed by atoms with Crippen molar-refractivity contribution >= 4 is 23.3 Å². The molecule has 3 N–H and O–H groups in total. The highest BCUT2D eigenvalue weighted by Crippen LogP contribution is 2.56. The number of ether oxygens (including phenoxy) is 1. The van der Waals surface area contributed by atoms with Crippen LogP contribution in [0.25, 0.3) is 0 Å². The summed E-state index contributed by atoms with van der Waals surface area (Å²) in [6, 6.07) is 23.9. The van der Waals surface area contributed by atoms with Crippen molar-refractivity contribution in [3.63, 3.8) is 0 Å². The van der Waals surface area contributed by atoms with E-state index in [0.29, 0.717) is 42.2 Å². The van der Waals surface area contributed by atoms with Crippen molar-refractivity contribution in [1.82, 2.24) is 4.98 Å². The molecule has 4 atom stereocenters. The lowest BCUT2D eigenvalue weighted by atomic mass is 9.59. The molecule has 1 heterocycles. The molecule has 3 aliphatic carbocycles. The first-order chi connectivity index (χ1) is 24.1. The number of halogens is 1. The molecule has 0 bridgehead atoms. The number of nitrogens with zero attached hydrogens (tertiary/aromatic N) is 1. The molecule has 0 aliphatic heterocycles. The Balaban J connectivity index is 1.16. The number of phenolic OH excluding ortho intramolecular Hbond substituents is 1. The Hall–Kier alpha value is -4.03. The topological polar surface area (TPSA) is 91.7 Å². The van der Waals surface area contributed by atoms with Crippen molar-refractivity contribution in [1.29, 1.82) is 0 Å². The van der Waals surface area contributed by atoms with Crippen LogP contribution in [-0.4, -0.2) is 33.3 Å². The van der Waals surface area contributed by atoms with E-state index in [4.69, 9.17) is 16.3 Å². The molecule has 4 aromatic rings. The third-order valence-electron chi connectivity index (χ3n) is 12.2. The lowest BCUT2D eigenvalue weighted by Crippen LogP contribution is -2.53. The van der Waals surface area contributed by atoms with Crippen molar-refractivity contribution in [3.05, 3.63) is 118 Å². The smallest absolute Gasteiger partial charge is 0.329 e. The molecule has 1 saturated carbocycles. The van der Waals surface area contributed by atoms with Gasteiger partial charge in [-0.3, -0.25) is 4.98 Å². The number of hydrogen-bond donors (Lipinski definition) is 3. The SMILES string of the molecule is CC(c1ccc(O)cc1)c1ccc2c(c1)C1(CCC(Nc3cccc(Cl)c3)(C(=O)O)CC1)C(C[C@@H](C)COc1ccnc3c1[C@H](C)CCC3)C2. The molecule has 262 valence electrons. The van der Waals surface area contributed by atoms with Crippen LogP contribution < -0.4 is 10.1 Å². The average Bonchev–Trinajstić information content (AvgIpc) is 3.39. The molecule has 50 heavy (non-hydrogen) atoms. The van der Waals surface area contributed by atoms with E-state index in [1.165, 1.54) is 40.8 Å². The van der Waals surface area contributed by atoms with Crippen LogP contribution in [0, 0.1) is 11.8 Å². The highest BCUT2D eigenvalue weighted by atomic mass is 35.5. The van der Waals surface area contributed by atoms with E-state index in [1.807, 2.05) is 48.7 Å². The van der Waals surface area contributed by atoms with Gasteiger partial charge in [-0.25, -0.2) is 4.79 Å². The van der Waals surface area contributed by atoms with Crippen molar-refractivity contribution in [2.75, 3.05) is 11.9 Å². The maximum atomic E-state index is 13.0. The second kappa shape index (κ2) is 13.9. The number of benzene rings is 3. The van der Waals surface area contributed by atoms with Gasteiger partial charge in [-0.1, -0.05) is 68.8 Å². The quantitative estimate of drug-likeness (QED) is 0.153. The number of aryl methyl sites for hydroxylation is 1. The zero-order valence-electron chi connectivity index (χ0n) is 29.4. The van der Waals surface area contributed by atoms with Crippen molar-refractivity contribution < 1.29 is 19.7 Å². The molecule has 0 saturated heterocycles. The Morgan fingerprint density at radius 2 is 1.78 bits per heavy atom. The van der Waals surface area contributed by atoms with Gasteiger partial charge in [0.05, 0.1) is 6.61 Å². The summed E-state index contributed by atoms with van der Waals surface area (Å²) in [5.74, 6) is 1.75. The number of hydrogen-bond acceptors (Lipinski definition) is 5. The molecule has 1 fully saturated rings. The van der Waals surface area contributed by atoms with Gasteiger partial charge in [0.1, 0.15) is 17.0 Å². The standard InChI is InChI=1S/C43H49ClN2O4/c1-27(26-50-39-16-21-45-38-9-4-6-28(2)40(38)39)22-33-23-32-11-10-31(29(3)30-12-14-36(47)15-13-30)24-37(32)42(33)17-19-43(20-18-42,41(48)49)46-35-8-5-7-34(44)25-35/h5,7-8,10-16,21,24-25,27-29,33,46-47H,4,6,9,17-20,22-23,26H2,1-3H3,(H,48,49)/t27-,28-,29?,33?,42?,43?/m1/s1. The number of carboxylic acid groups (broad SMARTS) is 1. The Labute approximate surface area is 301 Å². The number of pyridine rings is 1. The Bertz CT molecular complexity index is 1850. The van der Waals surface area contributed by atoms with E-state index < -0.39 is 11.5 Å². The highest BCUT2D eigenvalue weighted by molar-refractivity contribution is 6.30. The van der Waals surface area contributed by atoms with Gasteiger partial charge in [-0.2, -0.15) is 0 Å². The van der Waals surface area contributed by atoms with E-state index in [2.05, 4.69) is 49.3 Å². The van der Waals surface area contributed by atoms with Gasteiger partial charge in [-0.15, -0.1) is 0 Å². The van der Waals surface area contributed by atoms with Crippen LogP contribution in [0.4, 0.5) is 5.69 Å². The minimum absolute atomic E-state index is 0.131. The maximum Gasteiger partial charge on any atom is 0.329 e. The highest BCUT2D eigenvalue weighted by Gasteiger charge is 2.54. The van der Waals surface area contributed by atoms with Crippen molar-refractivity contribution in [2.24, 2.45) is 11.8 Å². The monoisotopic (exact) mass is 692 g/mol. The van der Waals surface area contributed by atoms with Gasteiger partial charge < -0.3 is 20.3 Å². The fourth-order valence-corrected chi connectivity index (χ4v) is 9.53. The molecule has 7 rings (SSSR count). The lowest BCUT2D eigenvalue weighted by Gasteiger charge is -2.47. The summed E-state index contributed by atoms with van der Waals surface area (Å²) in [4.78, 5) is 17.7. The van der Waals surface area contributed by atoms with Gasteiger partial charge in [0, 0.05) is 34.1 Å². The third kappa shape index (κ3) is 6.59. The largest absolute Gasteiger partial charge is 0.508 e. The van der Waals surface area contributed by atoms with Crippen LogP contribution >= 0.6 is 11.6 Å². The number of phenols is 1. The summed E-state index contributed by atoms with van der Waals surface area (Å²) in [5, 5.41) is 24.6. The van der Waals surface area contributed by atoms with Crippen molar-refractivity contribution in [3.8, 4) is 11.5 Å². The predicted molar refractivity (Wildman–Crippen MR) is 200 cm³/mol. The molecule has 6 nitrogen and oxygen atoms in total. The number of aromatic hydroxyl groups is 1.